The van der Waals surface area contributed by atoms with Crippen molar-refractivity contribution in [3.8, 4) is 0 Å². The van der Waals surface area contributed by atoms with E-state index in [-0.39, 0.29) is 11.4 Å². The molecule has 0 saturated heterocycles. The van der Waals surface area contributed by atoms with Crippen LogP contribution in [0.2, 0.25) is 0 Å². The first-order valence-electron chi connectivity index (χ1n) is 6.03. The first-order chi connectivity index (χ1) is 8.54. The van der Waals surface area contributed by atoms with Crippen LogP contribution < -0.4 is 0 Å². The van der Waals surface area contributed by atoms with Crippen LogP contribution in [0.25, 0.3) is 11.2 Å². The zero-order valence-electron chi connectivity index (χ0n) is 11.1. The van der Waals surface area contributed by atoms with Gasteiger partial charge in [0.05, 0.1) is 18.0 Å². The quantitative estimate of drug-likeness (QED) is 0.799. The van der Waals surface area contributed by atoms with Gasteiger partial charge in [-0.05, 0) is 32.9 Å². The van der Waals surface area contributed by atoms with Gasteiger partial charge in [-0.2, -0.15) is 0 Å². The summed E-state index contributed by atoms with van der Waals surface area (Å²) in [5.41, 5.74) is 2.73. The van der Waals surface area contributed by atoms with Crippen molar-refractivity contribution < 1.29 is 4.74 Å². The van der Waals surface area contributed by atoms with Gasteiger partial charge in [0.25, 0.3) is 0 Å². The normalized spacial score (nSPS) is 14.9. The summed E-state index contributed by atoms with van der Waals surface area (Å²) in [5, 5.41) is -0.154. The summed E-state index contributed by atoms with van der Waals surface area (Å²) < 4.78 is 7.29. The molecule has 0 spiro atoms. The fourth-order valence-corrected chi connectivity index (χ4v) is 2.27. The lowest BCUT2D eigenvalue weighted by molar-refractivity contribution is 0.162. The molecule has 2 aromatic rings. The highest BCUT2D eigenvalue weighted by Gasteiger charge is 2.19. The third kappa shape index (κ3) is 2.35. The number of methoxy groups -OCH3 is 1. The fourth-order valence-electron chi connectivity index (χ4n) is 2.12. The van der Waals surface area contributed by atoms with Crippen molar-refractivity contribution in [2.45, 2.75) is 32.2 Å². The summed E-state index contributed by atoms with van der Waals surface area (Å²) in [6, 6.07) is 4.10. The minimum atomic E-state index is -0.154. The van der Waals surface area contributed by atoms with Crippen LogP contribution in [-0.4, -0.2) is 28.3 Å². The molecule has 0 N–H and O–H groups in total. The van der Waals surface area contributed by atoms with Crippen molar-refractivity contribution >= 4 is 22.8 Å². The average Bonchev–Trinajstić information content (AvgIpc) is 2.67. The van der Waals surface area contributed by atoms with Gasteiger partial charge in [-0.25, -0.2) is 9.97 Å². The summed E-state index contributed by atoms with van der Waals surface area (Å²) >= 11 is 6.21. The molecule has 0 aliphatic carbocycles. The van der Waals surface area contributed by atoms with E-state index in [4.69, 9.17) is 16.3 Å². The molecule has 5 heteroatoms. The van der Waals surface area contributed by atoms with Gasteiger partial charge in [0, 0.05) is 12.8 Å². The maximum Gasteiger partial charge on any atom is 0.160 e. The Hall–Kier alpha value is -1.13. The fraction of sp³-hybridized carbons (Fsp3) is 0.538. The van der Waals surface area contributed by atoms with Crippen LogP contribution in [0, 0.1) is 6.92 Å². The summed E-state index contributed by atoms with van der Waals surface area (Å²) in [6.45, 7) is 6.59. The molecule has 2 atom stereocenters. The molecule has 0 aliphatic heterocycles. The second-order valence-corrected chi connectivity index (χ2v) is 5.21. The standard InChI is InChI=1S/C13H18ClN3O/c1-8-5-6-11-13(15-8)17(9(2)7-18-4)12(16-11)10(3)14/h5-6,9-10H,7H2,1-4H3. The molecular formula is C13H18ClN3O. The summed E-state index contributed by atoms with van der Waals surface area (Å²) in [7, 11) is 1.69. The van der Waals surface area contributed by atoms with E-state index in [0.717, 1.165) is 22.7 Å². The van der Waals surface area contributed by atoms with E-state index in [2.05, 4.69) is 21.5 Å². The summed E-state index contributed by atoms with van der Waals surface area (Å²) in [4.78, 5) is 9.14. The molecule has 0 aromatic carbocycles. The Morgan fingerprint density at radius 2 is 2.06 bits per heavy atom. The molecule has 0 bridgehead atoms. The van der Waals surface area contributed by atoms with E-state index >= 15 is 0 Å². The Morgan fingerprint density at radius 1 is 1.33 bits per heavy atom. The SMILES string of the molecule is COCC(C)n1c(C(C)Cl)nc2ccc(C)nc21. The number of hydrogen-bond acceptors (Lipinski definition) is 3. The molecule has 2 aromatic heterocycles. The number of alkyl halides is 1. The Morgan fingerprint density at radius 3 is 2.67 bits per heavy atom. The molecule has 0 aliphatic rings. The van der Waals surface area contributed by atoms with Gasteiger partial charge >= 0.3 is 0 Å². The summed E-state index contributed by atoms with van der Waals surface area (Å²) in [5.74, 6) is 0.842. The minimum absolute atomic E-state index is 0.154. The highest BCUT2D eigenvalue weighted by Crippen LogP contribution is 2.27. The van der Waals surface area contributed by atoms with Crippen LogP contribution in [0.15, 0.2) is 12.1 Å². The second-order valence-electron chi connectivity index (χ2n) is 4.56. The van der Waals surface area contributed by atoms with Crippen LogP contribution in [-0.2, 0) is 4.74 Å². The monoisotopic (exact) mass is 267 g/mol. The molecule has 2 heterocycles. The van der Waals surface area contributed by atoms with Crippen molar-refractivity contribution in [1.82, 2.24) is 14.5 Å². The molecule has 2 unspecified atom stereocenters. The zero-order chi connectivity index (χ0) is 13.3. The number of pyridine rings is 1. The smallest absolute Gasteiger partial charge is 0.160 e. The van der Waals surface area contributed by atoms with Crippen molar-refractivity contribution in [2.24, 2.45) is 0 Å². The van der Waals surface area contributed by atoms with Gasteiger partial charge in [-0.1, -0.05) is 0 Å². The Labute approximate surface area is 112 Å². The number of rotatable bonds is 4. The van der Waals surface area contributed by atoms with Crippen LogP contribution >= 0.6 is 11.6 Å². The van der Waals surface area contributed by atoms with E-state index in [1.807, 2.05) is 26.0 Å². The van der Waals surface area contributed by atoms with Gasteiger partial charge in [0.2, 0.25) is 0 Å². The van der Waals surface area contributed by atoms with E-state index in [0.29, 0.717) is 6.61 Å². The van der Waals surface area contributed by atoms with Gasteiger partial charge in [0.15, 0.2) is 5.65 Å². The first kappa shape index (κ1) is 13.3. The molecule has 2 rings (SSSR count). The molecule has 0 saturated carbocycles. The van der Waals surface area contributed by atoms with Crippen LogP contribution in [0.1, 0.15) is 36.8 Å². The lowest BCUT2D eigenvalue weighted by atomic mass is 10.3. The Balaban J connectivity index is 2.64. The molecule has 0 amide bonds. The minimum Gasteiger partial charge on any atom is -0.383 e. The lowest BCUT2D eigenvalue weighted by Gasteiger charge is -2.17. The van der Waals surface area contributed by atoms with Crippen molar-refractivity contribution in [1.29, 1.82) is 0 Å². The van der Waals surface area contributed by atoms with Crippen LogP contribution in [0.3, 0.4) is 0 Å². The van der Waals surface area contributed by atoms with E-state index in [1.54, 1.807) is 7.11 Å². The number of nitrogens with zero attached hydrogens (tertiary/aromatic N) is 3. The number of aromatic nitrogens is 3. The average molecular weight is 268 g/mol. The summed E-state index contributed by atoms with van der Waals surface area (Å²) in [6.07, 6.45) is 0. The van der Waals surface area contributed by atoms with E-state index < -0.39 is 0 Å². The van der Waals surface area contributed by atoms with Gasteiger partial charge in [0.1, 0.15) is 11.3 Å². The zero-order valence-corrected chi connectivity index (χ0v) is 11.9. The highest BCUT2D eigenvalue weighted by atomic mass is 35.5. The maximum absolute atomic E-state index is 6.21. The number of imidazole rings is 1. The molecule has 18 heavy (non-hydrogen) atoms. The van der Waals surface area contributed by atoms with Crippen molar-refractivity contribution in [2.75, 3.05) is 13.7 Å². The molecule has 98 valence electrons. The van der Waals surface area contributed by atoms with Crippen LogP contribution in [0.5, 0.6) is 0 Å². The highest BCUT2D eigenvalue weighted by molar-refractivity contribution is 6.20. The number of aryl methyl sites for hydroxylation is 1. The molecule has 4 nitrogen and oxygen atoms in total. The topological polar surface area (TPSA) is 39.9 Å². The van der Waals surface area contributed by atoms with Crippen molar-refractivity contribution in [3.63, 3.8) is 0 Å². The van der Waals surface area contributed by atoms with Gasteiger partial charge < -0.3 is 9.30 Å². The number of fused-ring (bicyclic) bond motifs is 1. The van der Waals surface area contributed by atoms with Crippen molar-refractivity contribution in [3.05, 3.63) is 23.7 Å². The number of hydrogen-bond donors (Lipinski definition) is 0. The molecule has 0 fully saturated rings. The third-order valence-corrected chi connectivity index (χ3v) is 3.10. The predicted octanol–water partition coefficient (Wildman–Crippen LogP) is 3.25. The molecular weight excluding hydrogens is 250 g/mol. The Kier molecular flexibility index (Phi) is 3.88. The van der Waals surface area contributed by atoms with Gasteiger partial charge in [-0.3, -0.25) is 0 Å². The predicted molar refractivity (Wildman–Crippen MR) is 73.1 cm³/mol. The first-order valence-corrected chi connectivity index (χ1v) is 6.46. The van der Waals surface area contributed by atoms with Crippen LogP contribution in [0.4, 0.5) is 0 Å². The second kappa shape index (κ2) is 5.24. The number of halogens is 1. The largest absolute Gasteiger partial charge is 0.383 e. The lowest BCUT2D eigenvalue weighted by Crippen LogP contribution is -2.15. The van der Waals surface area contributed by atoms with E-state index in [9.17, 15) is 0 Å². The van der Waals surface area contributed by atoms with E-state index in [1.165, 1.54) is 0 Å². The Bertz CT molecular complexity index is 550. The van der Waals surface area contributed by atoms with Gasteiger partial charge in [-0.15, -0.1) is 11.6 Å². The number of ether oxygens (including phenoxy) is 1. The maximum atomic E-state index is 6.21. The molecule has 0 radical (unpaired) electrons. The third-order valence-electron chi connectivity index (χ3n) is 2.91.